The highest BCUT2D eigenvalue weighted by atomic mass is 15.2. The first-order valence-electron chi connectivity index (χ1n) is 20.7. The van der Waals surface area contributed by atoms with E-state index in [9.17, 15) is 0 Å². The van der Waals surface area contributed by atoms with Crippen LogP contribution in [0.25, 0.3) is 43.8 Å². The van der Waals surface area contributed by atoms with Gasteiger partial charge in [-0.15, -0.1) is 0 Å². The van der Waals surface area contributed by atoms with E-state index in [0.717, 1.165) is 0 Å². The van der Waals surface area contributed by atoms with E-state index in [0.29, 0.717) is 23.9 Å². The van der Waals surface area contributed by atoms with Crippen molar-refractivity contribution < 1.29 is 0 Å². The second kappa shape index (κ2) is 13.2. The zero-order valence-electron chi connectivity index (χ0n) is 31.1. The van der Waals surface area contributed by atoms with Crippen molar-refractivity contribution >= 4 is 44.3 Å². The van der Waals surface area contributed by atoms with Gasteiger partial charge in [-0.2, -0.15) is 0 Å². The number of hydrogen-bond acceptors (Lipinski definition) is 2. The molecule has 4 aliphatic rings. The van der Waals surface area contributed by atoms with Crippen LogP contribution in [-0.4, -0.2) is 12.1 Å². The maximum Gasteiger partial charge on any atom is 0.0446 e. The third-order valence-corrected chi connectivity index (χ3v) is 13.6. The molecule has 0 radical (unpaired) electrons. The first kappa shape index (κ1) is 32.1. The van der Waals surface area contributed by atoms with E-state index in [1.807, 2.05) is 0 Å². The van der Waals surface area contributed by atoms with Gasteiger partial charge in [-0.3, -0.25) is 0 Å². The summed E-state index contributed by atoms with van der Waals surface area (Å²) in [5.74, 6) is 1.41. The summed E-state index contributed by atoms with van der Waals surface area (Å²) in [7, 11) is 0. The van der Waals surface area contributed by atoms with Crippen LogP contribution in [-0.2, 0) is 12.8 Å². The Balaban J connectivity index is 1.19. The highest BCUT2D eigenvalue weighted by Crippen LogP contribution is 2.51. The molecule has 54 heavy (non-hydrogen) atoms. The van der Waals surface area contributed by atoms with Crippen molar-refractivity contribution in [3.05, 3.63) is 157 Å². The third kappa shape index (κ3) is 5.21. The summed E-state index contributed by atoms with van der Waals surface area (Å²) in [4.78, 5) is 5.47. The van der Waals surface area contributed by atoms with Gasteiger partial charge in [0.1, 0.15) is 0 Å². The molecule has 4 atom stereocenters. The van der Waals surface area contributed by atoms with E-state index in [2.05, 4.69) is 155 Å². The maximum absolute atomic E-state index is 2.74. The molecule has 2 heteroatoms. The molecule has 266 valence electrons. The monoisotopic (exact) mass is 700 g/mol. The average Bonchev–Trinajstić information content (AvgIpc) is 3.24. The molecule has 2 heterocycles. The maximum atomic E-state index is 2.74. The van der Waals surface area contributed by atoms with Crippen LogP contribution in [0.15, 0.2) is 146 Å². The van der Waals surface area contributed by atoms with Crippen molar-refractivity contribution in [1.82, 2.24) is 0 Å². The minimum atomic E-state index is 0.541. The minimum absolute atomic E-state index is 0.541. The molecule has 2 aliphatic carbocycles. The Kier molecular flexibility index (Phi) is 7.85. The molecule has 2 nitrogen and oxygen atoms in total. The fourth-order valence-corrected chi connectivity index (χ4v) is 11.3. The largest absolute Gasteiger partial charge is 0.338 e. The van der Waals surface area contributed by atoms with Gasteiger partial charge in [0.05, 0.1) is 0 Å². The standard InChI is InChI=1S/C52H48N2/c1-3-15-35(16-4-1)51-43-29-27-42(54-49-25-13-9-21-39(49)32-40-22-10-14-26-50(40)54)34-46(43)52(36-17-5-2-6-18-36)44-30-28-41(33-45(44)51)53-47-23-11-7-19-37(47)31-38-20-8-12-24-48(38)53/h1-7,9,11,13,15-19,21,23,25,27-30,33-34,38,40,48,50H,8,10,12,14,20,22,24,26,31-32H2. The number of fused-ring (bicyclic) bond motifs is 6. The lowest BCUT2D eigenvalue weighted by Crippen LogP contribution is -2.44. The molecular weight excluding hydrogens is 653 g/mol. The van der Waals surface area contributed by atoms with Gasteiger partial charge < -0.3 is 9.80 Å². The van der Waals surface area contributed by atoms with Crippen molar-refractivity contribution in [2.75, 3.05) is 9.80 Å². The van der Waals surface area contributed by atoms with E-state index in [-0.39, 0.29) is 0 Å². The van der Waals surface area contributed by atoms with E-state index in [1.165, 1.54) is 142 Å². The summed E-state index contributed by atoms with van der Waals surface area (Å²) in [6.45, 7) is 0. The number of benzene rings is 7. The van der Waals surface area contributed by atoms with E-state index in [1.54, 1.807) is 0 Å². The van der Waals surface area contributed by atoms with Gasteiger partial charge in [0, 0.05) is 34.8 Å². The van der Waals surface area contributed by atoms with Crippen LogP contribution in [0, 0.1) is 11.8 Å². The minimum Gasteiger partial charge on any atom is -0.338 e. The van der Waals surface area contributed by atoms with Gasteiger partial charge in [-0.1, -0.05) is 135 Å². The Morgan fingerprint density at radius 1 is 0.370 bits per heavy atom. The highest BCUT2D eigenvalue weighted by Gasteiger charge is 2.38. The number of rotatable bonds is 4. The lowest BCUT2D eigenvalue weighted by Gasteiger charge is -2.46. The van der Waals surface area contributed by atoms with Gasteiger partial charge in [0.2, 0.25) is 0 Å². The molecule has 4 unspecified atom stereocenters. The molecule has 0 N–H and O–H groups in total. The van der Waals surface area contributed by atoms with Crippen molar-refractivity contribution in [3.63, 3.8) is 0 Å². The smallest absolute Gasteiger partial charge is 0.0446 e. The summed E-state index contributed by atoms with van der Waals surface area (Å²) in [5.41, 5.74) is 13.7. The fourth-order valence-electron chi connectivity index (χ4n) is 11.3. The quantitative estimate of drug-likeness (QED) is 0.169. The molecule has 0 spiro atoms. The van der Waals surface area contributed by atoms with Gasteiger partial charge in [-0.25, -0.2) is 0 Å². The summed E-state index contributed by atoms with van der Waals surface area (Å²) >= 11 is 0. The predicted octanol–water partition coefficient (Wildman–Crippen LogP) is 13.8. The molecule has 0 saturated heterocycles. The number of hydrogen-bond donors (Lipinski definition) is 0. The van der Waals surface area contributed by atoms with E-state index < -0.39 is 0 Å². The fraction of sp³-hybridized carbons (Fsp3) is 0.269. The van der Waals surface area contributed by atoms with Gasteiger partial charge in [0.15, 0.2) is 0 Å². The zero-order chi connectivity index (χ0) is 35.6. The summed E-state index contributed by atoms with van der Waals surface area (Å²) in [6.07, 6.45) is 12.9. The number of nitrogens with zero attached hydrogens (tertiary/aromatic N) is 2. The first-order valence-corrected chi connectivity index (χ1v) is 20.7. The molecular formula is C52H48N2. The SMILES string of the molecule is c1ccc(-c2c3ccc(N4c5ccccc5CC5CCCCC54)cc3c(-c3ccccc3)c3ccc(N4c5ccccc5CC5CCCCC54)cc23)cc1. The Bertz CT molecular complexity index is 2320. The molecule has 2 fully saturated rings. The normalized spacial score (nSPS) is 22.0. The van der Waals surface area contributed by atoms with Gasteiger partial charge in [-0.05, 0) is 142 Å². The lowest BCUT2D eigenvalue weighted by atomic mass is 9.76. The van der Waals surface area contributed by atoms with Gasteiger partial charge >= 0.3 is 0 Å². The summed E-state index contributed by atoms with van der Waals surface area (Å²) in [6, 6.07) is 56.8. The summed E-state index contributed by atoms with van der Waals surface area (Å²) < 4.78 is 0. The first-order chi connectivity index (χ1) is 26.8. The van der Waals surface area contributed by atoms with Crippen molar-refractivity contribution in [1.29, 1.82) is 0 Å². The molecule has 0 amide bonds. The lowest BCUT2D eigenvalue weighted by molar-refractivity contribution is 0.293. The Hall–Kier alpha value is -5.34. The van der Waals surface area contributed by atoms with Crippen LogP contribution in [0.5, 0.6) is 0 Å². The molecule has 2 saturated carbocycles. The Labute approximate surface area is 320 Å². The molecule has 7 aromatic rings. The van der Waals surface area contributed by atoms with Crippen molar-refractivity contribution in [2.45, 2.75) is 76.3 Å². The van der Waals surface area contributed by atoms with Crippen LogP contribution >= 0.6 is 0 Å². The van der Waals surface area contributed by atoms with Crippen LogP contribution in [0.2, 0.25) is 0 Å². The van der Waals surface area contributed by atoms with Crippen molar-refractivity contribution in [2.24, 2.45) is 11.8 Å². The second-order valence-corrected chi connectivity index (χ2v) is 16.6. The zero-order valence-corrected chi connectivity index (χ0v) is 31.1. The second-order valence-electron chi connectivity index (χ2n) is 16.6. The van der Waals surface area contributed by atoms with Crippen LogP contribution in [0.1, 0.15) is 62.5 Å². The average molecular weight is 701 g/mol. The molecule has 0 aromatic heterocycles. The van der Waals surface area contributed by atoms with E-state index in [4.69, 9.17) is 0 Å². The number of anilines is 4. The topological polar surface area (TPSA) is 6.48 Å². The highest BCUT2D eigenvalue weighted by molar-refractivity contribution is 6.22. The molecule has 0 bridgehead atoms. The van der Waals surface area contributed by atoms with Crippen molar-refractivity contribution in [3.8, 4) is 22.3 Å². The Morgan fingerprint density at radius 3 is 1.24 bits per heavy atom. The molecule has 2 aliphatic heterocycles. The van der Waals surface area contributed by atoms with Gasteiger partial charge in [0.25, 0.3) is 0 Å². The van der Waals surface area contributed by atoms with E-state index >= 15 is 0 Å². The Morgan fingerprint density at radius 2 is 0.778 bits per heavy atom. The summed E-state index contributed by atoms with van der Waals surface area (Å²) in [5, 5.41) is 5.33. The number of para-hydroxylation sites is 2. The van der Waals surface area contributed by atoms with Crippen LogP contribution < -0.4 is 9.80 Å². The van der Waals surface area contributed by atoms with Crippen LogP contribution in [0.3, 0.4) is 0 Å². The predicted molar refractivity (Wildman–Crippen MR) is 228 cm³/mol. The molecule has 7 aromatic carbocycles. The molecule has 11 rings (SSSR count). The van der Waals surface area contributed by atoms with Crippen LogP contribution in [0.4, 0.5) is 22.7 Å². The third-order valence-electron chi connectivity index (χ3n) is 13.6.